The average molecular weight is 384 g/mol. The van der Waals surface area contributed by atoms with Gasteiger partial charge in [-0.2, -0.15) is 5.10 Å². The predicted molar refractivity (Wildman–Crippen MR) is 106 cm³/mol. The van der Waals surface area contributed by atoms with Gasteiger partial charge in [-0.1, -0.05) is 6.07 Å². The molecule has 1 aliphatic carbocycles. The summed E-state index contributed by atoms with van der Waals surface area (Å²) in [5, 5.41) is 4.40. The molecule has 0 N–H and O–H groups in total. The highest BCUT2D eigenvalue weighted by atomic mass is 16.5. The lowest BCUT2D eigenvalue weighted by atomic mass is 9.93. The first-order chi connectivity index (χ1) is 13.4. The second kappa shape index (κ2) is 8.17. The maximum Gasteiger partial charge on any atom is 0.315 e. The lowest BCUT2D eigenvalue weighted by Gasteiger charge is -2.16. The van der Waals surface area contributed by atoms with Crippen molar-refractivity contribution in [3.05, 3.63) is 45.3 Å². The van der Waals surface area contributed by atoms with Gasteiger partial charge in [0.15, 0.2) is 0 Å². The van der Waals surface area contributed by atoms with Crippen molar-refractivity contribution in [1.82, 2.24) is 9.78 Å². The summed E-state index contributed by atoms with van der Waals surface area (Å²) in [6, 6.07) is 2.19. The molecule has 0 unspecified atom stereocenters. The molecule has 1 aromatic heterocycles. The van der Waals surface area contributed by atoms with E-state index < -0.39 is 5.97 Å². The van der Waals surface area contributed by atoms with Gasteiger partial charge in [-0.15, -0.1) is 0 Å². The molecular weight excluding hydrogens is 356 g/mol. The van der Waals surface area contributed by atoms with Crippen LogP contribution < -0.4 is 4.74 Å². The van der Waals surface area contributed by atoms with Gasteiger partial charge in [0.25, 0.3) is 5.91 Å². The summed E-state index contributed by atoms with van der Waals surface area (Å²) in [5.74, 6) is 0.122. The fraction of sp³-hybridized carbons (Fsp3) is 0.500. The Balaban J connectivity index is 1.92. The van der Waals surface area contributed by atoms with E-state index >= 15 is 0 Å². The van der Waals surface area contributed by atoms with Crippen molar-refractivity contribution >= 4 is 11.9 Å². The maximum absolute atomic E-state index is 12.5. The third kappa shape index (κ3) is 3.68. The Morgan fingerprint density at radius 3 is 2.57 bits per heavy atom. The zero-order chi connectivity index (χ0) is 20.4. The summed E-state index contributed by atoms with van der Waals surface area (Å²) >= 11 is 0. The number of hydrogen-bond donors (Lipinski definition) is 0. The van der Waals surface area contributed by atoms with Crippen molar-refractivity contribution in [3.8, 4) is 5.75 Å². The van der Waals surface area contributed by atoms with E-state index in [9.17, 15) is 9.59 Å². The SMILES string of the molecule is CCOC(=O)CC(=O)n1nc(C)c(Cc2cc(C)c(OC)c3c2CCC3)c1C. The highest BCUT2D eigenvalue weighted by Gasteiger charge is 2.24. The van der Waals surface area contributed by atoms with Crippen LogP contribution in [0.5, 0.6) is 5.75 Å². The maximum atomic E-state index is 12.5. The fourth-order valence-corrected chi connectivity index (χ4v) is 4.22. The molecule has 1 heterocycles. The standard InChI is InChI=1S/C22H28N2O4/c1-6-28-21(26)12-20(25)24-15(4)19(14(3)23-24)11-16-10-13(2)22(27-5)18-9-7-8-17(16)18/h10H,6-9,11-12H2,1-5H3. The van der Waals surface area contributed by atoms with Crippen molar-refractivity contribution in [1.29, 1.82) is 0 Å². The zero-order valence-corrected chi connectivity index (χ0v) is 17.3. The second-order valence-corrected chi connectivity index (χ2v) is 7.31. The molecule has 0 saturated heterocycles. The average Bonchev–Trinajstić information content (AvgIpc) is 3.22. The number of carbonyl (C=O) groups excluding carboxylic acids is 2. The van der Waals surface area contributed by atoms with Crippen LogP contribution in [0, 0.1) is 20.8 Å². The van der Waals surface area contributed by atoms with Gasteiger partial charge in [-0.05, 0) is 69.2 Å². The Labute approximate surface area is 165 Å². The summed E-state index contributed by atoms with van der Waals surface area (Å²) in [4.78, 5) is 24.1. The van der Waals surface area contributed by atoms with E-state index in [1.165, 1.54) is 21.4 Å². The highest BCUT2D eigenvalue weighted by Crippen LogP contribution is 2.37. The summed E-state index contributed by atoms with van der Waals surface area (Å²) in [5.41, 5.74) is 7.73. The molecule has 6 nitrogen and oxygen atoms in total. The molecule has 0 radical (unpaired) electrons. The van der Waals surface area contributed by atoms with E-state index in [0.717, 1.165) is 53.9 Å². The highest BCUT2D eigenvalue weighted by molar-refractivity contribution is 5.95. The molecule has 0 aliphatic heterocycles. The van der Waals surface area contributed by atoms with Crippen LogP contribution in [-0.2, 0) is 28.8 Å². The Morgan fingerprint density at radius 2 is 1.89 bits per heavy atom. The topological polar surface area (TPSA) is 70.4 Å². The zero-order valence-electron chi connectivity index (χ0n) is 17.3. The number of esters is 1. The monoisotopic (exact) mass is 384 g/mol. The van der Waals surface area contributed by atoms with Gasteiger partial charge in [-0.3, -0.25) is 9.59 Å². The number of carbonyl (C=O) groups is 2. The number of benzene rings is 1. The number of aryl methyl sites for hydroxylation is 2. The van der Waals surface area contributed by atoms with Crippen molar-refractivity contribution in [3.63, 3.8) is 0 Å². The molecule has 0 saturated carbocycles. The summed E-state index contributed by atoms with van der Waals surface area (Å²) in [7, 11) is 1.73. The van der Waals surface area contributed by atoms with Crippen molar-refractivity contribution in [2.45, 2.75) is 59.8 Å². The molecule has 28 heavy (non-hydrogen) atoms. The van der Waals surface area contributed by atoms with E-state index in [1.807, 2.05) is 13.8 Å². The minimum atomic E-state index is -0.523. The molecule has 0 bridgehead atoms. The van der Waals surface area contributed by atoms with Gasteiger partial charge in [0.05, 0.1) is 19.4 Å². The first-order valence-electron chi connectivity index (χ1n) is 9.79. The fourth-order valence-electron chi connectivity index (χ4n) is 4.22. The second-order valence-electron chi connectivity index (χ2n) is 7.31. The van der Waals surface area contributed by atoms with Crippen LogP contribution in [0.4, 0.5) is 0 Å². The minimum absolute atomic E-state index is 0.260. The molecule has 3 rings (SSSR count). The Morgan fingerprint density at radius 1 is 1.18 bits per heavy atom. The molecule has 0 spiro atoms. The molecule has 1 aliphatic rings. The molecule has 0 amide bonds. The number of fused-ring (bicyclic) bond motifs is 1. The van der Waals surface area contributed by atoms with Crippen LogP contribution in [-0.4, -0.2) is 35.4 Å². The third-order valence-electron chi connectivity index (χ3n) is 5.48. The summed E-state index contributed by atoms with van der Waals surface area (Å²) in [6.45, 7) is 7.85. The van der Waals surface area contributed by atoms with Gasteiger partial charge in [0, 0.05) is 17.7 Å². The molecule has 150 valence electrons. The minimum Gasteiger partial charge on any atom is -0.496 e. The number of aromatic nitrogens is 2. The number of ether oxygens (including phenoxy) is 2. The summed E-state index contributed by atoms with van der Waals surface area (Å²) < 4.78 is 11.9. The van der Waals surface area contributed by atoms with E-state index in [2.05, 4.69) is 18.1 Å². The lowest BCUT2D eigenvalue weighted by Crippen LogP contribution is -2.19. The quantitative estimate of drug-likeness (QED) is 0.563. The Hall–Kier alpha value is -2.63. The van der Waals surface area contributed by atoms with Crippen LogP contribution in [0.3, 0.4) is 0 Å². The largest absolute Gasteiger partial charge is 0.496 e. The van der Waals surface area contributed by atoms with Crippen LogP contribution in [0.15, 0.2) is 6.07 Å². The van der Waals surface area contributed by atoms with Crippen molar-refractivity contribution in [2.75, 3.05) is 13.7 Å². The van der Waals surface area contributed by atoms with E-state index in [-0.39, 0.29) is 18.9 Å². The number of nitrogens with zero attached hydrogens (tertiary/aromatic N) is 2. The first kappa shape index (κ1) is 20.1. The van der Waals surface area contributed by atoms with Crippen LogP contribution in [0.25, 0.3) is 0 Å². The van der Waals surface area contributed by atoms with Gasteiger partial charge >= 0.3 is 5.97 Å². The van der Waals surface area contributed by atoms with E-state index in [1.54, 1.807) is 14.0 Å². The van der Waals surface area contributed by atoms with Gasteiger partial charge < -0.3 is 9.47 Å². The van der Waals surface area contributed by atoms with Gasteiger partial charge in [0.1, 0.15) is 12.2 Å². The molecule has 0 fully saturated rings. The van der Waals surface area contributed by atoms with Crippen LogP contribution in [0.1, 0.15) is 63.8 Å². The third-order valence-corrected chi connectivity index (χ3v) is 5.48. The van der Waals surface area contributed by atoms with Crippen LogP contribution >= 0.6 is 0 Å². The molecule has 1 aromatic carbocycles. The molecule has 0 atom stereocenters. The molecule has 6 heteroatoms. The van der Waals surface area contributed by atoms with E-state index in [4.69, 9.17) is 9.47 Å². The predicted octanol–water partition coefficient (Wildman–Crippen LogP) is 3.49. The first-order valence-corrected chi connectivity index (χ1v) is 9.79. The normalized spacial score (nSPS) is 12.8. The van der Waals surface area contributed by atoms with Crippen molar-refractivity contribution in [2.24, 2.45) is 0 Å². The summed E-state index contributed by atoms with van der Waals surface area (Å²) in [6.07, 6.45) is 3.65. The van der Waals surface area contributed by atoms with E-state index in [0.29, 0.717) is 0 Å². The Kier molecular flexibility index (Phi) is 5.87. The molecular formula is C22H28N2O4. The van der Waals surface area contributed by atoms with Gasteiger partial charge in [-0.25, -0.2) is 4.68 Å². The van der Waals surface area contributed by atoms with Crippen molar-refractivity contribution < 1.29 is 19.1 Å². The molecule has 2 aromatic rings. The van der Waals surface area contributed by atoms with Crippen LogP contribution in [0.2, 0.25) is 0 Å². The lowest BCUT2D eigenvalue weighted by molar-refractivity contribution is -0.142. The Bertz CT molecular complexity index is 927. The van der Waals surface area contributed by atoms with Gasteiger partial charge in [0.2, 0.25) is 0 Å². The number of methoxy groups -OCH3 is 1. The number of rotatable bonds is 6. The smallest absolute Gasteiger partial charge is 0.315 e. The number of hydrogen-bond acceptors (Lipinski definition) is 5.